The van der Waals surface area contributed by atoms with Crippen molar-refractivity contribution < 1.29 is 13.9 Å². The van der Waals surface area contributed by atoms with Crippen molar-refractivity contribution in [1.29, 1.82) is 0 Å². The lowest BCUT2D eigenvalue weighted by Crippen LogP contribution is -2.20. The number of halogens is 3. The highest BCUT2D eigenvalue weighted by molar-refractivity contribution is 7.24. The molecule has 9 heteroatoms. The third-order valence-electron chi connectivity index (χ3n) is 3.86. The van der Waals surface area contributed by atoms with E-state index in [4.69, 9.17) is 27.9 Å². The largest absolute Gasteiger partial charge is 0.462 e. The summed E-state index contributed by atoms with van der Waals surface area (Å²) in [5.41, 5.74) is 0.0116. The Balaban J connectivity index is 2.30. The third-order valence-corrected chi connectivity index (χ3v) is 5.49. The van der Waals surface area contributed by atoms with Gasteiger partial charge in [0.15, 0.2) is 16.6 Å². The molecular formula is C17H9Cl2FN2O3S. The number of hydrogen-bond acceptors (Lipinski definition) is 5. The van der Waals surface area contributed by atoms with Crippen molar-refractivity contribution in [3.05, 3.63) is 56.0 Å². The Labute approximate surface area is 159 Å². The Bertz CT molecular complexity index is 1280. The van der Waals surface area contributed by atoms with Gasteiger partial charge in [-0.1, -0.05) is 23.2 Å². The summed E-state index contributed by atoms with van der Waals surface area (Å²) >= 11 is 13.1. The van der Waals surface area contributed by atoms with Gasteiger partial charge in [-0.25, -0.2) is 14.2 Å². The summed E-state index contributed by atoms with van der Waals surface area (Å²) in [6.45, 7) is 1.74. The highest BCUT2D eigenvalue weighted by Gasteiger charge is 2.24. The number of hydrogen-bond donors (Lipinski definition) is 0. The van der Waals surface area contributed by atoms with E-state index in [1.54, 1.807) is 29.5 Å². The number of thiazole rings is 1. The Hall–Kier alpha value is -2.22. The Morgan fingerprint density at radius 3 is 2.85 bits per heavy atom. The van der Waals surface area contributed by atoms with E-state index in [1.165, 1.54) is 11.3 Å². The van der Waals surface area contributed by atoms with Crippen molar-refractivity contribution >= 4 is 66.6 Å². The van der Waals surface area contributed by atoms with Gasteiger partial charge in [-0.3, -0.25) is 9.20 Å². The number of ether oxygens (including phenoxy) is 1. The van der Waals surface area contributed by atoms with Crippen molar-refractivity contribution in [3.8, 4) is 0 Å². The van der Waals surface area contributed by atoms with Crippen molar-refractivity contribution in [3.63, 3.8) is 0 Å². The van der Waals surface area contributed by atoms with Crippen LogP contribution in [-0.4, -0.2) is 22.0 Å². The maximum absolute atomic E-state index is 13.9. The molecule has 132 valence electrons. The van der Waals surface area contributed by atoms with Crippen LogP contribution >= 0.6 is 34.5 Å². The second-order valence-electron chi connectivity index (χ2n) is 5.41. The van der Waals surface area contributed by atoms with Crippen LogP contribution in [0.2, 0.25) is 10.2 Å². The van der Waals surface area contributed by atoms with Crippen molar-refractivity contribution in [2.45, 2.75) is 6.92 Å². The molecule has 4 aromatic rings. The quantitative estimate of drug-likeness (QED) is 0.355. The fourth-order valence-electron chi connectivity index (χ4n) is 2.80. The van der Waals surface area contributed by atoms with E-state index in [2.05, 4.69) is 4.98 Å². The number of esters is 1. The van der Waals surface area contributed by atoms with Gasteiger partial charge < -0.3 is 4.74 Å². The number of pyridine rings is 2. The number of carbonyl (C=O) groups excluding carboxylic acids is 1. The van der Waals surface area contributed by atoms with Gasteiger partial charge >= 0.3 is 5.97 Å². The molecule has 0 spiro atoms. The molecular weight excluding hydrogens is 402 g/mol. The number of nitrogens with zero attached hydrogens (tertiary/aromatic N) is 2. The molecule has 0 radical (unpaired) electrons. The van der Waals surface area contributed by atoms with Crippen LogP contribution in [-0.2, 0) is 4.74 Å². The van der Waals surface area contributed by atoms with E-state index < -0.39 is 17.2 Å². The van der Waals surface area contributed by atoms with E-state index in [-0.39, 0.29) is 28.4 Å². The Kier molecular flexibility index (Phi) is 4.10. The lowest BCUT2D eigenvalue weighted by Gasteiger charge is -2.08. The van der Waals surface area contributed by atoms with Gasteiger partial charge in [-0.2, -0.15) is 0 Å². The maximum Gasteiger partial charge on any atom is 0.345 e. The Morgan fingerprint density at radius 1 is 1.35 bits per heavy atom. The second-order valence-corrected chi connectivity index (χ2v) is 7.24. The second kappa shape index (κ2) is 6.19. The zero-order chi connectivity index (χ0) is 18.6. The first-order valence-electron chi connectivity index (χ1n) is 7.52. The zero-order valence-corrected chi connectivity index (χ0v) is 15.5. The molecule has 0 amide bonds. The van der Waals surface area contributed by atoms with Gasteiger partial charge in [-0.05, 0) is 31.2 Å². The van der Waals surface area contributed by atoms with E-state index in [9.17, 15) is 14.0 Å². The molecule has 0 aliphatic heterocycles. The van der Waals surface area contributed by atoms with Gasteiger partial charge in [0.05, 0.1) is 22.2 Å². The smallest absolute Gasteiger partial charge is 0.345 e. The minimum Gasteiger partial charge on any atom is -0.462 e. The van der Waals surface area contributed by atoms with Crippen LogP contribution in [0.3, 0.4) is 0 Å². The predicted molar refractivity (Wildman–Crippen MR) is 100 cm³/mol. The summed E-state index contributed by atoms with van der Waals surface area (Å²) in [4.78, 5) is 29.7. The summed E-state index contributed by atoms with van der Waals surface area (Å²) in [5, 5.41) is 0.0935. The summed E-state index contributed by atoms with van der Waals surface area (Å²) in [6, 6.07) is 6.11. The molecule has 0 bridgehead atoms. The summed E-state index contributed by atoms with van der Waals surface area (Å²) in [7, 11) is 0. The van der Waals surface area contributed by atoms with Crippen LogP contribution in [0.25, 0.3) is 26.1 Å². The summed E-state index contributed by atoms with van der Waals surface area (Å²) < 4.78 is 21.3. The molecule has 0 aliphatic carbocycles. The van der Waals surface area contributed by atoms with E-state index >= 15 is 0 Å². The van der Waals surface area contributed by atoms with Gasteiger partial charge in [-0.15, -0.1) is 11.3 Å². The average Bonchev–Trinajstić information content (AvgIpc) is 2.95. The molecule has 0 atom stereocenters. The lowest BCUT2D eigenvalue weighted by atomic mass is 10.2. The molecule has 3 aromatic heterocycles. The van der Waals surface area contributed by atoms with Gasteiger partial charge in [0.2, 0.25) is 5.43 Å². The lowest BCUT2D eigenvalue weighted by molar-refractivity contribution is 0.0527. The standard InChI is InChI=1S/C17H9Cl2FN2O3S/c1-2-25-17(24)12-13(23)8-6-9(20)14(19)21-15(8)22-10-4-3-7(18)5-11(10)26-16(12)22/h3-6H,2H2,1H3. The monoisotopic (exact) mass is 410 g/mol. The maximum atomic E-state index is 13.9. The van der Waals surface area contributed by atoms with Crippen LogP contribution < -0.4 is 5.43 Å². The Morgan fingerprint density at radius 2 is 2.12 bits per heavy atom. The van der Waals surface area contributed by atoms with Gasteiger partial charge in [0.25, 0.3) is 0 Å². The first-order valence-corrected chi connectivity index (χ1v) is 9.09. The molecule has 1 aromatic carbocycles. The number of benzene rings is 1. The van der Waals surface area contributed by atoms with E-state index in [0.29, 0.717) is 15.4 Å². The first-order chi connectivity index (χ1) is 12.4. The van der Waals surface area contributed by atoms with Crippen LogP contribution in [0.1, 0.15) is 17.3 Å². The van der Waals surface area contributed by atoms with Crippen molar-refractivity contribution in [2.24, 2.45) is 0 Å². The SMILES string of the molecule is CCOC(=O)c1c(=O)c2cc(F)c(Cl)nc2n2c1sc1cc(Cl)ccc12. The van der Waals surface area contributed by atoms with E-state index in [1.807, 2.05) is 0 Å². The minimum atomic E-state index is -0.839. The number of fused-ring (bicyclic) bond motifs is 5. The predicted octanol–water partition coefficient (Wildman–Crippen LogP) is 4.69. The molecule has 0 saturated heterocycles. The number of aromatic nitrogens is 2. The molecule has 5 nitrogen and oxygen atoms in total. The van der Waals surface area contributed by atoms with Crippen molar-refractivity contribution in [1.82, 2.24) is 9.38 Å². The number of carbonyl (C=O) groups is 1. The van der Waals surface area contributed by atoms with Gasteiger partial charge in [0, 0.05) is 5.02 Å². The van der Waals surface area contributed by atoms with Crippen molar-refractivity contribution in [2.75, 3.05) is 6.61 Å². The topological polar surface area (TPSA) is 60.7 Å². The van der Waals surface area contributed by atoms with Crippen LogP contribution in [0.4, 0.5) is 4.39 Å². The van der Waals surface area contributed by atoms with Crippen LogP contribution in [0, 0.1) is 5.82 Å². The third kappa shape index (κ3) is 2.46. The molecule has 0 N–H and O–H groups in total. The molecule has 0 fully saturated rings. The molecule has 0 unspecified atom stereocenters. The molecule has 0 aliphatic rings. The highest BCUT2D eigenvalue weighted by atomic mass is 35.5. The zero-order valence-electron chi connectivity index (χ0n) is 13.2. The molecule has 4 rings (SSSR count). The fraction of sp³-hybridized carbons (Fsp3) is 0.118. The normalized spacial score (nSPS) is 11.5. The number of rotatable bonds is 2. The highest BCUT2D eigenvalue weighted by Crippen LogP contribution is 2.33. The summed E-state index contributed by atoms with van der Waals surface area (Å²) in [6.07, 6.45) is 0. The van der Waals surface area contributed by atoms with Crippen LogP contribution in [0.15, 0.2) is 29.1 Å². The molecule has 3 heterocycles. The molecule has 26 heavy (non-hydrogen) atoms. The van der Waals surface area contributed by atoms with E-state index in [0.717, 1.165) is 10.8 Å². The molecule has 0 saturated carbocycles. The van der Waals surface area contributed by atoms with Crippen LogP contribution in [0.5, 0.6) is 0 Å². The minimum absolute atomic E-state index is 0.0536. The fourth-order valence-corrected chi connectivity index (χ4v) is 4.38. The first kappa shape index (κ1) is 17.2. The van der Waals surface area contributed by atoms with Gasteiger partial charge in [0.1, 0.15) is 10.4 Å². The summed E-state index contributed by atoms with van der Waals surface area (Å²) in [5.74, 6) is -1.61. The average molecular weight is 411 g/mol.